The molecule has 0 aliphatic carbocycles. The number of halogens is 2. The van der Waals surface area contributed by atoms with Crippen molar-refractivity contribution in [3.63, 3.8) is 0 Å². The van der Waals surface area contributed by atoms with Gasteiger partial charge >= 0.3 is 0 Å². The summed E-state index contributed by atoms with van der Waals surface area (Å²) in [4.78, 5) is 7.61. The second kappa shape index (κ2) is 3.91. The molecular weight excluding hydrogens is 245 g/mol. The summed E-state index contributed by atoms with van der Waals surface area (Å²) in [6.45, 7) is 3.96. The molecule has 0 amide bonds. The van der Waals surface area contributed by atoms with Crippen molar-refractivity contribution in [1.82, 2.24) is 9.97 Å². The van der Waals surface area contributed by atoms with Gasteiger partial charge in [0.25, 0.3) is 0 Å². The third-order valence-electron chi connectivity index (χ3n) is 2.80. The average molecular weight is 258 g/mol. The first-order valence-electron chi connectivity index (χ1n) is 5.08. The zero-order valence-electron chi connectivity index (χ0n) is 9.14. The summed E-state index contributed by atoms with van der Waals surface area (Å²) >= 11 is 11.9. The van der Waals surface area contributed by atoms with E-state index in [4.69, 9.17) is 28.9 Å². The Labute approximate surface area is 104 Å². The van der Waals surface area contributed by atoms with Crippen molar-refractivity contribution in [2.45, 2.75) is 25.8 Å². The number of hydrogen-bond donors (Lipinski definition) is 2. The molecule has 86 valence electrons. The summed E-state index contributed by atoms with van der Waals surface area (Å²) in [7, 11) is 0. The first-order chi connectivity index (χ1) is 7.44. The van der Waals surface area contributed by atoms with Crippen LogP contribution in [-0.4, -0.2) is 9.97 Å². The Morgan fingerprint density at radius 1 is 1.38 bits per heavy atom. The molecule has 0 aliphatic rings. The van der Waals surface area contributed by atoms with Crippen molar-refractivity contribution < 1.29 is 0 Å². The smallest absolute Gasteiger partial charge is 0.127 e. The normalized spacial score (nSPS) is 15.3. The van der Waals surface area contributed by atoms with Gasteiger partial charge in [-0.1, -0.05) is 30.1 Å². The predicted octanol–water partition coefficient (Wildman–Crippen LogP) is 3.45. The molecule has 1 unspecified atom stereocenters. The van der Waals surface area contributed by atoms with Crippen LogP contribution >= 0.6 is 23.2 Å². The summed E-state index contributed by atoms with van der Waals surface area (Å²) in [5.41, 5.74) is 7.30. The number of hydrogen-bond acceptors (Lipinski definition) is 2. The van der Waals surface area contributed by atoms with Crippen LogP contribution in [0.15, 0.2) is 12.1 Å². The molecule has 0 saturated heterocycles. The topological polar surface area (TPSA) is 54.7 Å². The van der Waals surface area contributed by atoms with Gasteiger partial charge in [-0.3, -0.25) is 0 Å². The van der Waals surface area contributed by atoms with Crippen molar-refractivity contribution >= 4 is 34.2 Å². The monoisotopic (exact) mass is 257 g/mol. The number of fused-ring (bicyclic) bond motifs is 1. The Kier molecular flexibility index (Phi) is 2.86. The molecule has 1 atom stereocenters. The molecule has 0 saturated carbocycles. The quantitative estimate of drug-likeness (QED) is 0.866. The van der Waals surface area contributed by atoms with Crippen LogP contribution < -0.4 is 5.73 Å². The van der Waals surface area contributed by atoms with Crippen molar-refractivity contribution in [1.29, 1.82) is 0 Å². The van der Waals surface area contributed by atoms with Gasteiger partial charge in [0.1, 0.15) is 5.82 Å². The molecule has 2 rings (SSSR count). The van der Waals surface area contributed by atoms with E-state index in [1.165, 1.54) is 0 Å². The van der Waals surface area contributed by atoms with Crippen molar-refractivity contribution in [3.05, 3.63) is 28.0 Å². The van der Waals surface area contributed by atoms with Crippen LogP contribution in [0.3, 0.4) is 0 Å². The molecule has 1 aromatic heterocycles. The second-order valence-electron chi connectivity index (χ2n) is 4.14. The van der Waals surface area contributed by atoms with E-state index in [2.05, 4.69) is 9.97 Å². The maximum Gasteiger partial charge on any atom is 0.127 e. The summed E-state index contributed by atoms with van der Waals surface area (Å²) < 4.78 is 0. The molecule has 0 bridgehead atoms. The lowest BCUT2D eigenvalue weighted by atomic mass is 10.0. The predicted molar refractivity (Wildman–Crippen MR) is 67.9 cm³/mol. The minimum Gasteiger partial charge on any atom is -0.340 e. The fourth-order valence-electron chi connectivity index (χ4n) is 1.44. The average Bonchev–Trinajstić information content (AvgIpc) is 2.62. The molecule has 1 aromatic carbocycles. The van der Waals surface area contributed by atoms with Crippen LogP contribution in [0.1, 0.15) is 26.1 Å². The van der Waals surface area contributed by atoms with E-state index in [1.54, 1.807) is 12.1 Å². The lowest BCUT2D eigenvalue weighted by molar-refractivity contribution is 0.451. The van der Waals surface area contributed by atoms with Gasteiger partial charge in [-0.15, -0.1) is 0 Å². The number of nitrogens with two attached hydrogens (primary N) is 1. The van der Waals surface area contributed by atoms with E-state index in [0.717, 1.165) is 23.3 Å². The highest BCUT2D eigenvalue weighted by Gasteiger charge is 2.22. The summed E-state index contributed by atoms with van der Waals surface area (Å²) in [6, 6.07) is 3.51. The Morgan fingerprint density at radius 3 is 2.62 bits per heavy atom. The highest BCUT2D eigenvalue weighted by atomic mass is 35.5. The number of nitrogens with one attached hydrogen (secondary N) is 1. The highest BCUT2D eigenvalue weighted by molar-refractivity contribution is 6.42. The van der Waals surface area contributed by atoms with Crippen molar-refractivity contribution in [2.24, 2.45) is 5.73 Å². The Balaban J connectivity index is 2.61. The second-order valence-corrected chi connectivity index (χ2v) is 4.95. The van der Waals surface area contributed by atoms with E-state index >= 15 is 0 Å². The van der Waals surface area contributed by atoms with E-state index in [-0.39, 0.29) is 0 Å². The Hall–Kier alpha value is -0.770. The third-order valence-corrected chi connectivity index (χ3v) is 3.52. The van der Waals surface area contributed by atoms with Crippen LogP contribution in [0.4, 0.5) is 0 Å². The largest absolute Gasteiger partial charge is 0.340 e. The lowest BCUT2D eigenvalue weighted by Crippen LogP contribution is -2.33. The first-order valence-corrected chi connectivity index (χ1v) is 5.84. The van der Waals surface area contributed by atoms with Gasteiger partial charge in [0.15, 0.2) is 0 Å². The van der Waals surface area contributed by atoms with Gasteiger partial charge in [0, 0.05) is 0 Å². The highest BCUT2D eigenvalue weighted by Crippen LogP contribution is 2.28. The van der Waals surface area contributed by atoms with Gasteiger partial charge in [-0.05, 0) is 25.5 Å². The minimum absolute atomic E-state index is 0.460. The van der Waals surface area contributed by atoms with Crippen LogP contribution in [-0.2, 0) is 5.54 Å². The summed E-state index contributed by atoms with van der Waals surface area (Å²) in [6.07, 6.45) is 0.800. The van der Waals surface area contributed by atoms with Crippen LogP contribution in [0.5, 0.6) is 0 Å². The summed E-state index contributed by atoms with van der Waals surface area (Å²) in [5.74, 6) is 0.753. The van der Waals surface area contributed by atoms with Gasteiger partial charge < -0.3 is 10.7 Å². The zero-order valence-corrected chi connectivity index (χ0v) is 10.7. The number of aromatic nitrogens is 2. The van der Waals surface area contributed by atoms with Gasteiger partial charge in [0.05, 0.1) is 26.6 Å². The first kappa shape index (κ1) is 11.7. The van der Waals surface area contributed by atoms with Crippen molar-refractivity contribution in [2.75, 3.05) is 0 Å². The lowest BCUT2D eigenvalue weighted by Gasteiger charge is -2.19. The summed E-state index contributed by atoms with van der Waals surface area (Å²) in [5, 5.41) is 1.02. The third kappa shape index (κ3) is 1.90. The molecule has 0 spiro atoms. The Bertz CT molecular complexity index is 492. The maximum atomic E-state index is 6.12. The van der Waals surface area contributed by atoms with E-state index in [1.807, 2.05) is 13.8 Å². The van der Waals surface area contributed by atoms with E-state index in [9.17, 15) is 0 Å². The Morgan fingerprint density at radius 2 is 2.00 bits per heavy atom. The molecule has 0 aliphatic heterocycles. The molecule has 0 fully saturated rings. The van der Waals surface area contributed by atoms with Gasteiger partial charge in [0.2, 0.25) is 0 Å². The fourth-order valence-corrected chi connectivity index (χ4v) is 1.76. The SMILES string of the molecule is CCC(C)(N)c1nc2cc(Cl)c(Cl)cc2[nH]1. The molecule has 5 heteroatoms. The molecule has 3 nitrogen and oxygen atoms in total. The van der Waals surface area contributed by atoms with Crippen LogP contribution in [0, 0.1) is 0 Å². The molecule has 1 heterocycles. The molecule has 2 aromatic rings. The molecule has 0 radical (unpaired) electrons. The van der Waals surface area contributed by atoms with Gasteiger partial charge in [-0.25, -0.2) is 4.98 Å². The van der Waals surface area contributed by atoms with E-state index in [0.29, 0.717) is 10.0 Å². The number of rotatable bonds is 2. The molecule has 16 heavy (non-hydrogen) atoms. The number of aromatic amines is 1. The number of benzene rings is 1. The molecular formula is C11H13Cl2N3. The van der Waals surface area contributed by atoms with Crippen molar-refractivity contribution in [3.8, 4) is 0 Å². The standard InChI is InChI=1S/C11H13Cl2N3/c1-3-11(2,14)10-15-8-4-6(12)7(13)5-9(8)16-10/h4-5H,3,14H2,1-2H3,(H,15,16). The number of nitrogens with zero attached hydrogens (tertiary/aromatic N) is 1. The molecule has 3 N–H and O–H groups in total. The zero-order chi connectivity index (χ0) is 11.9. The van der Waals surface area contributed by atoms with Gasteiger partial charge in [-0.2, -0.15) is 0 Å². The van der Waals surface area contributed by atoms with Crippen LogP contribution in [0.25, 0.3) is 11.0 Å². The maximum absolute atomic E-state index is 6.12. The number of imidazole rings is 1. The van der Waals surface area contributed by atoms with E-state index < -0.39 is 5.54 Å². The fraction of sp³-hybridized carbons (Fsp3) is 0.364. The number of H-pyrrole nitrogens is 1. The minimum atomic E-state index is -0.460. The van der Waals surface area contributed by atoms with Crippen LogP contribution in [0.2, 0.25) is 10.0 Å².